The van der Waals surface area contributed by atoms with Gasteiger partial charge in [0.05, 0.1) is 4.34 Å². The number of amides is 1. The van der Waals surface area contributed by atoms with E-state index < -0.39 is 30.9 Å². The average molecular weight is 304 g/mol. The van der Waals surface area contributed by atoms with Gasteiger partial charge in [0.25, 0.3) is 0 Å². The van der Waals surface area contributed by atoms with Crippen molar-refractivity contribution >= 4 is 46.9 Å². The van der Waals surface area contributed by atoms with Crippen LogP contribution in [0.15, 0.2) is 18.2 Å². The van der Waals surface area contributed by atoms with Gasteiger partial charge in [-0.1, -0.05) is 11.6 Å². The number of hydrogen-bond acceptors (Lipinski definition) is 4. The number of halogens is 1. The lowest BCUT2D eigenvalue weighted by Gasteiger charge is -2.15. The molecule has 8 heteroatoms. The van der Waals surface area contributed by atoms with E-state index in [0.717, 1.165) is 11.0 Å². The molecule has 0 fully saturated rings. The van der Waals surface area contributed by atoms with Crippen LogP contribution in [-0.2, 0) is 14.4 Å². The van der Waals surface area contributed by atoms with Gasteiger partial charge in [-0.25, -0.2) is 0 Å². The van der Waals surface area contributed by atoms with Gasteiger partial charge in [0, 0.05) is 11.0 Å². The fraction of sp³-hybridized carbons (Fsp3) is 0.182. The zero-order chi connectivity index (χ0) is 14.4. The van der Waals surface area contributed by atoms with Crippen molar-refractivity contribution in [2.24, 2.45) is 0 Å². The fourth-order valence-corrected chi connectivity index (χ4v) is 2.18. The molecule has 1 amide bonds. The third-order valence-corrected chi connectivity index (χ3v) is 3.14. The van der Waals surface area contributed by atoms with Crippen LogP contribution in [0.2, 0.25) is 4.34 Å². The van der Waals surface area contributed by atoms with Crippen LogP contribution in [0.1, 0.15) is 4.88 Å². The third-order valence-electron chi connectivity index (χ3n) is 1.95. The number of carboxylic acids is 2. The smallest absolute Gasteiger partial charge is 0.323 e. The Bertz CT molecular complexity index is 509. The van der Waals surface area contributed by atoms with Crippen LogP contribution < -0.4 is 0 Å². The van der Waals surface area contributed by atoms with Crippen LogP contribution >= 0.6 is 22.9 Å². The van der Waals surface area contributed by atoms with Crippen molar-refractivity contribution in [1.29, 1.82) is 0 Å². The summed E-state index contributed by atoms with van der Waals surface area (Å²) >= 11 is 6.95. The lowest BCUT2D eigenvalue weighted by atomic mass is 10.3. The fourth-order valence-electron chi connectivity index (χ4n) is 1.21. The van der Waals surface area contributed by atoms with E-state index in [1.165, 1.54) is 17.4 Å². The highest BCUT2D eigenvalue weighted by Gasteiger charge is 2.17. The number of nitrogens with zero attached hydrogens (tertiary/aromatic N) is 1. The Hall–Kier alpha value is -1.86. The molecule has 102 valence electrons. The molecule has 1 heterocycles. The molecule has 1 rings (SSSR count). The number of hydrogen-bond donors (Lipinski definition) is 2. The van der Waals surface area contributed by atoms with Gasteiger partial charge in [0.1, 0.15) is 13.1 Å². The molecule has 0 spiro atoms. The molecule has 1 aromatic heterocycles. The molecule has 0 bridgehead atoms. The van der Waals surface area contributed by atoms with Crippen LogP contribution in [-0.4, -0.2) is 46.0 Å². The second-order valence-electron chi connectivity index (χ2n) is 3.46. The molecule has 2 N–H and O–H groups in total. The van der Waals surface area contributed by atoms with E-state index >= 15 is 0 Å². The van der Waals surface area contributed by atoms with E-state index in [2.05, 4.69) is 0 Å². The van der Waals surface area contributed by atoms with E-state index in [0.29, 0.717) is 9.21 Å². The summed E-state index contributed by atoms with van der Waals surface area (Å²) in [7, 11) is 0. The number of thiophene rings is 1. The van der Waals surface area contributed by atoms with Crippen molar-refractivity contribution in [3.8, 4) is 0 Å². The van der Waals surface area contributed by atoms with Gasteiger partial charge >= 0.3 is 11.9 Å². The van der Waals surface area contributed by atoms with Crippen molar-refractivity contribution in [3.63, 3.8) is 0 Å². The topological polar surface area (TPSA) is 94.9 Å². The van der Waals surface area contributed by atoms with Gasteiger partial charge in [-0.2, -0.15) is 0 Å². The molecule has 0 aliphatic rings. The Balaban J connectivity index is 2.73. The van der Waals surface area contributed by atoms with Crippen LogP contribution in [0, 0.1) is 0 Å². The first-order valence-corrected chi connectivity index (χ1v) is 6.24. The first kappa shape index (κ1) is 15.2. The molecule has 0 radical (unpaired) electrons. The quantitative estimate of drug-likeness (QED) is 0.775. The summed E-state index contributed by atoms with van der Waals surface area (Å²) in [5.74, 6) is -3.24. The Morgan fingerprint density at radius 3 is 2.21 bits per heavy atom. The Kier molecular flexibility index (Phi) is 5.53. The second kappa shape index (κ2) is 6.91. The van der Waals surface area contributed by atoms with Crippen molar-refractivity contribution in [2.75, 3.05) is 13.1 Å². The van der Waals surface area contributed by atoms with E-state index in [1.54, 1.807) is 12.1 Å². The monoisotopic (exact) mass is 303 g/mol. The maximum atomic E-state index is 11.7. The minimum atomic E-state index is -1.28. The van der Waals surface area contributed by atoms with Crippen molar-refractivity contribution in [3.05, 3.63) is 27.4 Å². The molecule has 0 aliphatic carbocycles. The predicted octanol–water partition coefficient (Wildman–Crippen LogP) is 1.41. The summed E-state index contributed by atoms with van der Waals surface area (Å²) < 4.78 is 0.556. The number of carboxylic acid groups (broad SMARTS) is 2. The van der Waals surface area contributed by atoms with E-state index in [9.17, 15) is 14.4 Å². The minimum absolute atomic E-state index is 0.556. The van der Waals surface area contributed by atoms with Gasteiger partial charge < -0.3 is 15.1 Å². The van der Waals surface area contributed by atoms with Crippen LogP contribution in [0.25, 0.3) is 6.08 Å². The summed E-state index contributed by atoms with van der Waals surface area (Å²) in [6.07, 6.45) is 2.57. The number of aliphatic carboxylic acids is 2. The lowest BCUT2D eigenvalue weighted by molar-refractivity contribution is -0.147. The molecule has 0 unspecified atom stereocenters. The molecule has 1 aromatic rings. The number of rotatable bonds is 6. The van der Waals surface area contributed by atoms with Gasteiger partial charge in [0.2, 0.25) is 5.91 Å². The van der Waals surface area contributed by atoms with Crippen molar-refractivity contribution in [2.45, 2.75) is 0 Å². The van der Waals surface area contributed by atoms with Crippen LogP contribution in [0.3, 0.4) is 0 Å². The maximum Gasteiger partial charge on any atom is 0.323 e. The van der Waals surface area contributed by atoms with E-state index in [1.807, 2.05) is 0 Å². The molecule has 0 aliphatic heterocycles. The molecule has 19 heavy (non-hydrogen) atoms. The lowest BCUT2D eigenvalue weighted by Crippen LogP contribution is -2.38. The highest BCUT2D eigenvalue weighted by Crippen LogP contribution is 2.22. The second-order valence-corrected chi connectivity index (χ2v) is 5.20. The summed E-state index contributed by atoms with van der Waals surface area (Å²) in [6, 6.07) is 3.35. The Labute approximate surface area is 117 Å². The van der Waals surface area contributed by atoms with Gasteiger partial charge in [-0.15, -0.1) is 11.3 Å². The standard InChI is InChI=1S/C11H10ClNO5S/c12-8-3-1-7(19-8)2-4-9(14)13(5-10(15)16)6-11(17)18/h1-4H,5-6H2,(H,15,16)(H,17,18). The molecule has 0 aromatic carbocycles. The third kappa shape index (κ3) is 5.54. The summed E-state index contributed by atoms with van der Waals surface area (Å²) in [6.45, 7) is -1.33. The first-order valence-electron chi connectivity index (χ1n) is 5.04. The Morgan fingerprint density at radius 2 is 1.79 bits per heavy atom. The molecular weight excluding hydrogens is 294 g/mol. The highest BCUT2D eigenvalue weighted by atomic mass is 35.5. The van der Waals surface area contributed by atoms with Crippen molar-refractivity contribution < 1.29 is 24.6 Å². The number of carbonyl (C=O) groups excluding carboxylic acids is 1. The van der Waals surface area contributed by atoms with Gasteiger partial charge in [-0.05, 0) is 18.2 Å². The largest absolute Gasteiger partial charge is 0.480 e. The Morgan fingerprint density at radius 1 is 1.21 bits per heavy atom. The minimum Gasteiger partial charge on any atom is -0.480 e. The van der Waals surface area contributed by atoms with E-state index in [4.69, 9.17) is 21.8 Å². The highest BCUT2D eigenvalue weighted by molar-refractivity contribution is 7.17. The molecule has 6 nitrogen and oxygen atoms in total. The molecule has 0 saturated carbocycles. The maximum absolute atomic E-state index is 11.7. The van der Waals surface area contributed by atoms with Gasteiger partial charge in [-0.3, -0.25) is 14.4 Å². The summed E-state index contributed by atoms with van der Waals surface area (Å²) in [4.78, 5) is 34.2. The summed E-state index contributed by atoms with van der Waals surface area (Å²) in [5.41, 5.74) is 0. The molecular formula is C11H10ClNO5S. The normalized spacial score (nSPS) is 10.6. The average Bonchev–Trinajstić information content (AvgIpc) is 2.70. The molecule has 0 atom stereocenters. The summed E-state index contributed by atoms with van der Waals surface area (Å²) in [5, 5.41) is 17.2. The van der Waals surface area contributed by atoms with E-state index in [-0.39, 0.29) is 0 Å². The zero-order valence-electron chi connectivity index (χ0n) is 9.58. The van der Waals surface area contributed by atoms with Crippen molar-refractivity contribution in [1.82, 2.24) is 4.90 Å². The zero-order valence-corrected chi connectivity index (χ0v) is 11.1. The SMILES string of the molecule is O=C(O)CN(CC(=O)O)C(=O)C=Cc1ccc(Cl)s1. The first-order chi connectivity index (χ1) is 8.88. The van der Waals surface area contributed by atoms with Gasteiger partial charge in [0.15, 0.2) is 0 Å². The molecule has 0 saturated heterocycles. The van der Waals surface area contributed by atoms with Crippen LogP contribution in [0.5, 0.6) is 0 Å². The number of carbonyl (C=O) groups is 3. The van der Waals surface area contributed by atoms with Crippen LogP contribution in [0.4, 0.5) is 0 Å². The predicted molar refractivity (Wildman–Crippen MR) is 70.2 cm³/mol.